The first-order chi connectivity index (χ1) is 9.20. The number of hydrogen-bond acceptors (Lipinski definition) is 4. The molecule has 0 aliphatic heterocycles. The molecule has 1 aromatic carbocycles. The van der Waals surface area contributed by atoms with Gasteiger partial charge in [-0.25, -0.2) is 4.98 Å². The minimum atomic E-state index is -0.437. The highest BCUT2D eigenvalue weighted by Gasteiger charge is 2.11. The molecule has 2 rings (SSSR count). The number of carbonyl (C=O) groups is 1. The second kappa shape index (κ2) is 5.97. The molecular formula is C14H14N2O3. The lowest BCUT2D eigenvalue weighted by Crippen LogP contribution is -2.23. The van der Waals surface area contributed by atoms with Gasteiger partial charge in [0.05, 0.1) is 6.61 Å². The molecule has 2 aromatic rings. The smallest absolute Gasteiger partial charge is 0.273 e. The molecule has 0 radical (unpaired) electrons. The summed E-state index contributed by atoms with van der Waals surface area (Å²) in [4.78, 5) is 15.6. The fourth-order valence-electron chi connectivity index (χ4n) is 1.68. The summed E-state index contributed by atoms with van der Waals surface area (Å²) in [5, 5.41) is 21.2. The number of aromatic nitrogens is 1. The largest absolute Gasteiger partial charge is 0.505 e. The molecule has 5 heteroatoms. The van der Waals surface area contributed by atoms with Gasteiger partial charge in [-0.15, -0.1) is 0 Å². The fraction of sp³-hybridized carbons (Fsp3) is 0.143. The van der Waals surface area contributed by atoms with E-state index in [1.807, 2.05) is 12.1 Å². The molecule has 0 fully saturated rings. The number of aromatic hydroxyl groups is 1. The zero-order valence-electron chi connectivity index (χ0n) is 10.2. The summed E-state index contributed by atoms with van der Waals surface area (Å²) in [6, 6.07) is 10.2. The van der Waals surface area contributed by atoms with E-state index >= 15 is 0 Å². The van der Waals surface area contributed by atoms with Gasteiger partial charge in [-0.2, -0.15) is 0 Å². The van der Waals surface area contributed by atoms with Crippen LogP contribution in [0.25, 0.3) is 0 Å². The highest BCUT2D eigenvalue weighted by atomic mass is 16.3. The lowest BCUT2D eigenvalue weighted by atomic mass is 10.1. The summed E-state index contributed by atoms with van der Waals surface area (Å²) >= 11 is 0. The van der Waals surface area contributed by atoms with Gasteiger partial charge < -0.3 is 15.5 Å². The molecule has 98 valence electrons. The summed E-state index contributed by atoms with van der Waals surface area (Å²) in [6.07, 6.45) is 1.45. The third-order valence-electron chi connectivity index (χ3n) is 2.63. The van der Waals surface area contributed by atoms with Gasteiger partial charge in [-0.1, -0.05) is 24.3 Å². The van der Waals surface area contributed by atoms with E-state index in [0.717, 1.165) is 11.1 Å². The molecule has 0 aliphatic carbocycles. The Bertz CT molecular complexity index is 584. The lowest BCUT2D eigenvalue weighted by Gasteiger charge is -2.07. The Hall–Kier alpha value is -2.40. The van der Waals surface area contributed by atoms with E-state index in [1.54, 1.807) is 18.2 Å². The van der Waals surface area contributed by atoms with Crippen LogP contribution in [0.3, 0.4) is 0 Å². The molecule has 1 aromatic heterocycles. The number of aliphatic hydroxyl groups excluding tert-OH is 1. The summed E-state index contributed by atoms with van der Waals surface area (Å²) in [5.41, 5.74) is 1.66. The number of nitrogens with zero attached hydrogens (tertiary/aromatic N) is 1. The standard InChI is InChI=1S/C14H14N2O3/c17-9-11-4-1-3-10(7-11)8-16-14(19)13-12(18)5-2-6-15-13/h1-7,17-18H,8-9H2,(H,16,19). The molecule has 0 spiro atoms. The number of aliphatic hydroxyl groups is 1. The predicted octanol–water partition coefficient (Wildman–Crippen LogP) is 1.21. The average Bonchev–Trinajstić information content (AvgIpc) is 2.45. The Kier molecular flexibility index (Phi) is 4.10. The van der Waals surface area contributed by atoms with E-state index in [1.165, 1.54) is 12.3 Å². The van der Waals surface area contributed by atoms with Crippen molar-refractivity contribution >= 4 is 5.91 Å². The van der Waals surface area contributed by atoms with Crippen LogP contribution in [-0.2, 0) is 13.2 Å². The van der Waals surface area contributed by atoms with Gasteiger partial charge in [0.25, 0.3) is 5.91 Å². The van der Waals surface area contributed by atoms with Gasteiger partial charge in [0.2, 0.25) is 0 Å². The number of rotatable bonds is 4. The summed E-state index contributed by atoms with van der Waals surface area (Å²) < 4.78 is 0. The highest BCUT2D eigenvalue weighted by Crippen LogP contribution is 2.12. The van der Waals surface area contributed by atoms with Crippen molar-refractivity contribution in [3.63, 3.8) is 0 Å². The number of benzene rings is 1. The van der Waals surface area contributed by atoms with Gasteiger partial charge >= 0.3 is 0 Å². The van der Waals surface area contributed by atoms with Crippen LogP contribution in [0.15, 0.2) is 42.6 Å². The molecule has 0 unspecified atom stereocenters. The van der Waals surface area contributed by atoms with Crippen LogP contribution in [0.2, 0.25) is 0 Å². The molecule has 0 bridgehead atoms. The van der Waals surface area contributed by atoms with E-state index in [9.17, 15) is 9.90 Å². The first-order valence-electron chi connectivity index (χ1n) is 5.81. The monoisotopic (exact) mass is 258 g/mol. The Morgan fingerprint density at radius 2 is 2.00 bits per heavy atom. The molecule has 19 heavy (non-hydrogen) atoms. The van der Waals surface area contributed by atoms with Crippen LogP contribution in [-0.4, -0.2) is 21.1 Å². The topological polar surface area (TPSA) is 82.5 Å². The van der Waals surface area contributed by atoms with Gasteiger partial charge in [-0.05, 0) is 23.3 Å². The Morgan fingerprint density at radius 1 is 1.21 bits per heavy atom. The summed E-state index contributed by atoms with van der Waals surface area (Å²) in [6.45, 7) is 0.269. The van der Waals surface area contributed by atoms with Gasteiger partial charge in [-0.3, -0.25) is 4.79 Å². The van der Waals surface area contributed by atoms with Crippen LogP contribution < -0.4 is 5.32 Å². The lowest BCUT2D eigenvalue weighted by molar-refractivity contribution is 0.0943. The Morgan fingerprint density at radius 3 is 2.74 bits per heavy atom. The van der Waals surface area contributed by atoms with Crippen molar-refractivity contribution in [2.75, 3.05) is 0 Å². The zero-order valence-corrected chi connectivity index (χ0v) is 10.2. The number of hydrogen-bond donors (Lipinski definition) is 3. The van der Waals surface area contributed by atoms with Crippen molar-refractivity contribution in [2.45, 2.75) is 13.2 Å². The first-order valence-corrected chi connectivity index (χ1v) is 5.81. The maximum atomic E-state index is 11.8. The minimum absolute atomic E-state index is 0.000753. The van der Waals surface area contributed by atoms with Crippen LogP contribution in [0, 0.1) is 0 Å². The third-order valence-corrected chi connectivity index (χ3v) is 2.63. The maximum absolute atomic E-state index is 11.8. The minimum Gasteiger partial charge on any atom is -0.505 e. The van der Waals surface area contributed by atoms with Crippen LogP contribution in [0.5, 0.6) is 5.75 Å². The maximum Gasteiger partial charge on any atom is 0.273 e. The highest BCUT2D eigenvalue weighted by molar-refractivity contribution is 5.94. The van der Waals surface area contributed by atoms with Gasteiger partial charge in [0, 0.05) is 12.7 Å². The van der Waals surface area contributed by atoms with Crippen molar-refractivity contribution in [3.05, 3.63) is 59.4 Å². The molecule has 1 heterocycles. The normalized spacial score (nSPS) is 10.2. The van der Waals surface area contributed by atoms with Crippen molar-refractivity contribution in [2.24, 2.45) is 0 Å². The molecule has 0 atom stereocenters. The molecule has 1 amide bonds. The number of amides is 1. The molecule has 0 saturated heterocycles. The van der Waals surface area contributed by atoms with Crippen molar-refractivity contribution in [3.8, 4) is 5.75 Å². The van der Waals surface area contributed by atoms with Crippen molar-refractivity contribution in [1.29, 1.82) is 0 Å². The van der Waals surface area contributed by atoms with E-state index in [2.05, 4.69) is 10.3 Å². The zero-order chi connectivity index (χ0) is 13.7. The summed E-state index contributed by atoms with van der Waals surface area (Å²) in [5.74, 6) is -0.586. The van der Waals surface area contributed by atoms with Crippen LogP contribution in [0.1, 0.15) is 21.6 Å². The van der Waals surface area contributed by atoms with Gasteiger partial charge in [0.15, 0.2) is 5.69 Å². The third kappa shape index (κ3) is 3.29. The fourth-order valence-corrected chi connectivity index (χ4v) is 1.68. The summed E-state index contributed by atoms with van der Waals surface area (Å²) in [7, 11) is 0. The predicted molar refractivity (Wildman–Crippen MR) is 69.4 cm³/mol. The molecular weight excluding hydrogens is 244 g/mol. The Labute approximate surface area is 110 Å². The molecule has 3 N–H and O–H groups in total. The molecule has 0 saturated carbocycles. The van der Waals surface area contributed by atoms with Crippen LogP contribution in [0.4, 0.5) is 0 Å². The van der Waals surface area contributed by atoms with E-state index in [4.69, 9.17) is 5.11 Å². The molecule has 0 aliphatic rings. The van der Waals surface area contributed by atoms with E-state index < -0.39 is 5.91 Å². The second-order valence-corrected chi connectivity index (χ2v) is 4.03. The van der Waals surface area contributed by atoms with Crippen LogP contribution >= 0.6 is 0 Å². The van der Waals surface area contributed by atoms with Crippen molar-refractivity contribution in [1.82, 2.24) is 10.3 Å². The van der Waals surface area contributed by atoms with E-state index in [0.29, 0.717) is 6.54 Å². The van der Waals surface area contributed by atoms with Crippen molar-refractivity contribution < 1.29 is 15.0 Å². The Balaban J connectivity index is 2.02. The van der Waals surface area contributed by atoms with E-state index in [-0.39, 0.29) is 18.1 Å². The molecule has 5 nitrogen and oxygen atoms in total. The number of pyridine rings is 1. The number of nitrogens with one attached hydrogen (secondary N) is 1. The first kappa shape index (κ1) is 13.0. The quantitative estimate of drug-likeness (QED) is 0.769. The number of carbonyl (C=O) groups excluding carboxylic acids is 1. The SMILES string of the molecule is O=C(NCc1cccc(CO)c1)c1ncccc1O. The second-order valence-electron chi connectivity index (χ2n) is 4.03. The average molecular weight is 258 g/mol. The van der Waals surface area contributed by atoms with Gasteiger partial charge in [0.1, 0.15) is 5.75 Å².